The van der Waals surface area contributed by atoms with Crippen molar-refractivity contribution in [3.8, 4) is 0 Å². The summed E-state index contributed by atoms with van der Waals surface area (Å²) in [5.41, 5.74) is 7.00. The summed E-state index contributed by atoms with van der Waals surface area (Å²) in [6, 6.07) is 2.38. The highest BCUT2D eigenvalue weighted by Gasteiger charge is 2.22. The third-order valence-electron chi connectivity index (χ3n) is 3.56. The van der Waals surface area contributed by atoms with Crippen molar-refractivity contribution in [1.29, 1.82) is 0 Å². The van der Waals surface area contributed by atoms with E-state index in [4.69, 9.17) is 5.73 Å². The largest absolute Gasteiger partial charge is 0.356 e. The van der Waals surface area contributed by atoms with Gasteiger partial charge in [0.05, 0.1) is 0 Å². The second-order valence-corrected chi connectivity index (χ2v) is 5.10. The summed E-state index contributed by atoms with van der Waals surface area (Å²) in [7, 11) is 0. The maximum atomic E-state index is 5.96. The lowest BCUT2D eigenvalue weighted by molar-refractivity contribution is 0.353. The van der Waals surface area contributed by atoms with Gasteiger partial charge in [0, 0.05) is 30.9 Å². The molecular formula is C13H22N4. The zero-order valence-electron chi connectivity index (χ0n) is 11.0. The van der Waals surface area contributed by atoms with Crippen LogP contribution in [0.3, 0.4) is 0 Å². The van der Waals surface area contributed by atoms with Gasteiger partial charge in [-0.05, 0) is 39.5 Å². The Morgan fingerprint density at radius 3 is 2.47 bits per heavy atom. The van der Waals surface area contributed by atoms with Gasteiger partial charge in [-0.15, -0.1) is 0 Å². The smallest absolute Gasteiger partial charge is 0.132 e. The summed E-state index contributed by atoms with van der Waals surface area (Å²) < 4.78 is 0. The van der Waals surface area contributed by atoms with Crippen LogP contribution in [-0.2, 0) is 0 Å². The predicted molar refractivity (Wildman–Crippen MR) is 70.1 cm³/mol. The van der Waals surface area contributed by atoms with E-state index in [0.29, 0.717) is 12.0 Å². The minimum absolute atomic E-state index is 0.311. The fraction of sp³-hybridized carbons (Fsp3) is 0.692. The number of rotatable bonds is 2. The molecule has 1 unspecified atom stereocenters. The van der Waals surface area contributed by atoms with Crippen LogP contribution in [0.25, 0.3) is 0 Å². The van der Waals surface area contributed by atoms with Gasteiger partial charge in [0.25, 0.3) is 0 Å². The van der Waals surface area contributed by atoms with Crippen molar-refractivity contribution in [2.45, 2.75) is 39.7 Å². The van der Waals surface area contributed by atoms with Crippen LogP contribution in [0.4, 0.5) is 5.82 Å². The molecule has 1 aromatic rings. The Balaban J connectivity index is 2.05. The van der Waals surface area contributed by atoms with Crippen LogP contribution in [0, 0.1) is 19.8 Å². The van der Waals surface area contributed by atoms with Crippen molar-refractivity contribution in [1.82, 2.24) is 9.97 Å². The van der Waals surface area contributed by atoms with Crippen LogP contribution in [0.5, 0.6) is 0 Å². The Hall–Kier alpha value is -1.16. The first kappa shape index (κ1) is 12.3. The summed E-state index contributed by atoms with van der Waals surface area (Å²) in [6.45, 7) is 8.20. The van der Waals surface area contributed by atoms with Crippen LogP contribution >= 0.6 is 0 Å². The first-order chi connectivity index (χ1) is 8.06. The SMILES string of the molecule is Cc1cc(N2CCC(C(C)N)CC2)nc(C)n1. The zero-order chi connectivity index (χ0) is 12.4. The Kier molecular flexibility index (Phi) is 3.62. The lowest BCUT2D eigenvalue weighted by Gasteiger charge is -2.34. The predicted octanol–water partition coefficient (Wildman–Crippen LogP) is 1.66. The first-order valence-corrected chi connectivity index (χ1v) is 6.39. The summed E-state index contributed by atoms with van der Waals surface area (Å²) in [4.78, 5) is 11.2. The van der Waals surface area contributed by atoms with Gasteiger partial charge in [0.15, 0.2) is 0 Å². The molecule has 2 heterocycles. The van der Waals surface area contributed by atoms with Gasteiger partial charge >= 0.3 is 0 Å². The van der Waals surface area contributed by atoms with Crippen LogP contribution in [0.15, 0.2) is 6.07 Å². The topological polar surface area (TPSA) is 55.0 Å². The zero-order valence-corrected chi connectivity index (χ0v) is 11.0. The molecule has 94 valence electrons. The fourth-order valence-electron chi connectivity index (χ4n) is 2.51. The highest BCUT2D eigenvalue weighted by Crippen LogP contribution is 2.23. The molecule has 4 heteroatoms. The molecule has 0 saturated carbocycles. The number of nitrogens with zero attached hydrogens (tertiary/aromatic N) is 3. The maximum Gasteiger partial charge on any atom is 0.132 e. The van der Waals surface area contributed by atoms with E-state index in [9.17, 15) is 0 Å². The Morgan fingerprint density at radius 1 is 1.29 bits per heavy atom. The van der Waals surface area contributed by atoms with E-state index < -0.39 is 0 Å². The summed E-state index contributed by atoms with van der Waals surface area (Å²) in [5, 5.41) is 0. The number of anilines is 1. The van der Waals surface area contributed by atoms with E-state index in [0.717, 1.165) is 30.4 Å². The normalized spacial score (nSPS) is 19.4. The number of hydrogen-bond acceptors (Lipinski definition) is 4. The van der Waals surface area contributed by atoms with Crippen molar-refractivity contribution in [3.05, 3.63) is 17.6 Å². The maximum absolute atomic E-state index is 5.96. The van der Waals surface area contributed by atoms with Crippen LogP contribution < -0.4 is 10.6 Å². The molecule has 0 spiro atoms. The van der Waals surface area contributed by atoms with Crippen LogP contribution in [0.2, 0.25) is 0 Å². The molecule has 17 heavy (non-hydrogen) atoms. The third-order valence-corrected chi connectivity index (χ3v) is 3.56. The van der Waals surface area contributed by atoms with Gasteiger partial charge in [-0.1, -0.05) is 0 Å². The van der Waals surface area contributed by atoms with E-state index in [-0.39, 0.29) is 0 Å². The molecule has 0 bridgehead atoms. The lowest BCUT2D eigenvalue weighted by Crippen LogP contribution is -2.40. The van der Waals surface area contributed by atoms with Crippen LogP contribution in [-0.4, -0.2) is 29.1 Å². The van der Waals surface area contributed by atoms with Gasteiger partial charge < -0.3 is 10.6 Å². The van der Waals surface area contributed by atoms with Crippen molar-refractivity contribution < 1.29 is 0 Å². The quantitative estimate of drug-likeness (QED) is 0.845. The van der Waals surface area contributed by atoms with E-state index in [1.165, 1.54) is 12.8 Å². The van der Waals surface area contributed by atoms with E-state index in [1.807, 2.05) is 13.8 Å². The molecule has 0 aliphatic carbocycles. The van der Waals surface area contributed by atoms with Gasteiger partial charge in [-0.2, -0.15) is 0 Å². The third kappa shape index (κ3) is 2.94. The molecule has 1 aliphatic rings. The number of hydrogen-bond donors (Lipinski definition) is 1. The Labute approximate surface area is 103 Å². The van der Waals surface area contributed by atoms with E-state index in [1.54, 1.807) is 0 Å². The molecular weight excluding hydrogens is 212 g/mol. The number of piperidine rings is 1. The van der Waals surface area contributed by atoms with Crippen molar-refractivity contribution in [2.75, 3.05) is 18.0 Å². The summed E-state index contributed by atoms with van der Waals surface area (Å²) in [5.74, 6) is 2.59. The van der Waals surface area contributed by atoms with Crippen molar-refractivity contribution in [3.63, 3.8) is 0 Å². The highest BCUT2D eigenvalue weighted by atomic mass is 15.2. The van der Waals surface area contributed by atoms with Crippen molar-refractivity contribution >= 4 is 5.82 Å². The molecule has 4 nitrogen and oxygen atoms in total. The second kappa shape index (κ2) is 5.00. The van der Waals surface area contributed by atoms with Crippen molar-refractivity contribution in [2.24, 2.45) is 11.7 Å². The molecule has 0 aromatic carbocycles. The number of nitrogens with two attached hydrogens (primary N) is 1. The molecule has 1 aromatic heterocycles. The van der Waals surface area contributed by atoms with E-state index >= 15 is 0 Å². The minimum Gasteiger partial charge on any atom is -0.356 e. The molecule has 2 N–H and O–H groups in total. The molecule has 1 saturated heterocycles. The summed E-state index contributed by atoms with van der Waals surface area (Å²) in [6.07, 6.45) is 2.33. The van der Waals surface area contributed by atoms with Gasteiger partial charge in [0.1, 0.15) is 11.6 Å². The first-order valence-electron chi connectivity index (χ1n) is 6.39. The molecule has 1 atom stereocenters. The molecule has 0 amide bonds. The van der Waals surface area contributed by atoms with E-state index in [2.05, 4.69) is 27.9 Å². The Bertz CT molecular complexity index is 361. The van der Waals surface area contributed by atoms with Gasteiger partial charge in [0.2, 0.25) is 0 Å². The molecule has 2 rings (SSSR count). The molecule has 0 radical (unpaired) electrons. The molecule has 1 fully saturated rings. The van der Waals surface area contributed by atoms with Gasteiger partial charge in [-0.25, -0.2) is 9.97 Å². The number of aryl methyl sites for hydroxylation is 2. The lowest BCUT2D eigenvalue weighted by atomic mass is 9.91. The average molecular weight is 234 g/mol. The highest BCUT2D eigenvalue weighted by molar-refractivity contribution is 5.40. The van der Waals surface area contributed by atoms with Gasteiger partial charge in [-0.3, -0.25) is 0 Å². The monoisotopic (exact) mass is 234 g/mol. The Morgan fingerprint density at radius 2 is 1.94 bits per heavy atom. The average Bonchev–Trinajstić information content (AvgIpc) is 2.28. The fourth-order valence-corrected chi connectivity index (χ4v) is 2.51. The minimum atomic E-state index is 0.311. The molecule has 1 aliphatic heterocycles. The van der Waals surface area contributed by atoms with Crippen LogP contribution in [0.1, 0.15) is 31.3 Å². The second-order valence-electron chi connectivity index (χ2n) is 5.10. The number of aromatic nitrogens is 2. The summed E-state index contributed by atoms with van der Waals surface area (Å²) >= 11 is 0. The standard InChI is InChI=1S/C13H22N4/c1-9-8-13(16-11(3)15-9)17-6-4-12(5-7-17)10(2)14/h8,10,12H,4-7,14H2,1-3H3.